The first kappa shape index (κ1) is 14.1. The molecule has 18 heavy (non-hydrogen) atoms. The van der Waals surface area contributed by atoms with E-state index in [1.54, 1.807) is 6.92 Å². The molecule has 0 heterocycles. The number of hydrogen-bond acceptors (Lipinski definition) is 3. The predicted octanol–water partition coefficient (Wildman–Crippen LogP) is 1.53. The second-order valence-electron chi connectivity index (χ2n) is 3.91. The first-order chi connectivity index (χ1) is 8.47. The maximum absolute atomic E-state index is 11.7. The molecular formula is C12H16N4OS. The lowest BCUT2D eigenvalue weighted by Crippen LogP contribution is -2.26. The molecule has 96 valence electrons. The van der Waals surface area contributed by atoms with Crippen LogP contribution in [0.4, 0.5) is 5.69 Å². The van der Waals surface area contributed by atoms with E-state index in [9.17, 15) is 4.79 Å². The highest BCUT2D eigenvalue weighted by Crippen LogP contribution is 2.08. The third-order valence-electron chi connectivity index (χ3n) is 2.11. The summed E-state index contributed by atoms with van der Waals surface area (Å²) in [5.74, 6) is -0.134. The molecule has 0 aromatic heterocycles. The van der Waals surface area contributed by atoms with Gasteiger partial charge in [-0.15, -0.1) is 0 Å². The van der Waals surface area contributed by atoms with Crippen molar-refractivity contribution in [2.75, 3.05) is 5.32 Å². The minimum atomic E-state index is -0.134. The lowest BCUT2D eigenvalue weighted by Gasteiger charge is -2.05. The molecule has 1 rings (SSSR count). The predicted molar refractivity (Wildman–Crippen MR) is 77.5 cm³/mol. The molecule has 0 unspecified atom stereocenters. The topological polar surface area (TPSA) is 79.5 Å². The van der Waals surface area contributed by atoms with Crippen LogP contribution < -0.4 is 16.5 Å². The van der Waals surface area contributed by atoms with Crippen molar-refractivity contribution in [1.29, 1.82) is 0 Å². The molecule has 0 saturated heterocycles. The standard InChI is InChI=1S/C12H16N4OS/c1-8-3-5-10(6-4-8)14-11(17)7-9(2)15-16-12(13)18/h3-6H,7H2,1-2H3,(H,14,17)(H3,13,16,18)/b15-9-. The maximum Gasteiger partial charge on any atom is 0.230 e. The molecule has 1 aromatic carbocycles. The van der Waals surface area contributed by atoms with E-state index in [2.05, 4.69) is 28.1 Å². The monoisotopic (exact) mass is 264 g/mol. The number of rotatable bonds is 4. The Kier molecular flexibility index (Phi) is 5.26. The average molecular weight is 264 g/mol. The summed E-state index contributed by atoms with van der Waals surface area (Å²) < 4.78 is 0. The summed E-state index contributed by atoms with van der Waals surface area (Å²) in [4.78, 5) is 11.7. The van der Waals surface area contributed by atoms with Crippen molar-refractivity contribution in [1.82, 2.24) is 5.43 Å². The first-order valence-electron chi connectivity index (χ1n) is 5.42. The average Bonchev–Trinajstić information content (AvgIpc) is 2.29. The maximum atomic E-state index is 11.7. The van der Waals surface area contributed by atoms with Crippen LogP contribution in [0.3, 0.4) is 0 Å². The Morgan fingerprint density at radius 2 is 2.00 bits per heavy atom. The molecule has 1 amide bonds. The van der Waals surface area contributed by atoms with Gasteiger partial charge in [-0.05, 0) is 38.2 Å². The van der Waals surface area contributed by atoms with E-state index in [-0.39, 0.29) is 17.4 Å². The van der Waals surface area contributed by atoms with E-state index in [4.69, 9.17) is 5.73 Å². The van der Waals surface area contributed by atoms with Crippen LogP contribution in [0.1, 0.15) is 18.9 Å². The van der Waals surface area contributed by atoms with Gasteiger partial charge in [0, 0.05) is 11.4 Å². The zero-order valence-electron chi connectivity index (χ0n) is 10.4. The number of hydrogen-bond donors (Lipinski definition) is 3. The summed E-state index contributed by atoms with van der Waals surface area (Å²) in [7, 11) is 0. The summed E-state index contributed by atoms with van der Waals surface area (Å²) in [6.07, 6.45) is 0.184. The minimum absolute atomic E-state index is 0.0771. The SMILES string of the molecule is C/C(CC(=O)Nc1ccc(C)cc1)=N/NC(N)=S. The molecule has 0 aliphatic rings. The molecule has 0 fully saturated rings. The summed E-state index contributed by atoms with van der Waals surface area (Å²) in [5, 5.41) is 6.71. The second-order valence-corrected chi connectivity index (χ2v) is 4.35. The minimum Gasteiger partial charge on any atom is -0.375 e. The number of thiocarbonyl (C=S) groups is 1. The van der Waals surface area contributed by atoms with E-state index in [0.717, 1.165) is 11.3 Å². The molecule has 0 saturated carbocycles. The van der Waals surface area contributed by atoms with Crippen LogP contribution in [0.5, 0.6) is 0 Å². The Labute approximate surface area is 111 Å². The lowest BCUT2D eigenvalue weighted by molar-refractivity contribution is -0.115. The van der Waals surface area contributed by atoms with Gasteiger partial charge in [0.05, 0.1) is 6.42 Å². The van der Waals surface area contributed by atoms with Crippen molar-refractivity contribution in [3.05, 3.63) is 29.8 Å². The molecule has 0 aliphatic carbocycles. The highest BCUT2D eigenvalue weighted by molar-refractivity contribution is 7.80. The number of benzene rings is 1. The van der Waals surface area contributed by atoms with Gasteiger partial charge >= 0.3 is 0 Å². The molecule has 0 aliphatic heterocycles. The third kappa shape index (κ3) is 5.40. The van der Waals surface area contributed by atoms with Gasteiger partial charge in [0.25, 0.3) is 0 Å². The zero-order valence-corrected chi connectivity index (χ0v) is 11.2. The molecule has 0 atom stereocenters. The van der Waals surface area contributed by atoms with Crippen LogP contribution in [-0.4, -0.2) is 16.7 Å². The van der Waals surface area contributed by atoms with E-state index >= 15 is 0 Å². The molecule has 0 bridgehead atoms. The number of anilines is 1. The quantitative estimate of drug-likeness (QED) is 0.438. The summed E-state index contributed by atoms with van der Waals surface area (Å²) in [6.45, 7) is 3.71. The van der Waals surface area contributed by atoms with Gasteiger partial charge in [-0.2, -0.15) is 5.10 Å². The molecule has 4 N–H and O–H groups in total. The number of carbonyl (C=O) groups is 1. The van der Waals surface area contributed by atoms with Crippen molar-refractivity contribution < 1.29 is 4.79 Å². The fourth-order valence-corrected chi connectivity index (χ4v) is 1.31. The van der Waals surface area contributed by atoms with Crippen molar-refractivity contribution in [3.8, 4) is 0 Å². The van der Waals surface area contributed by atoms with Gasteiger partial charge in [0.2, 0.25) is 5.91 Å². The largest absolute Gasteiger partial charge is 0.375 e. The number of carbonyl (C=O) groups excluding carboxylic acids is 1. The highest BCUT2D eigenvalue weighted by Gasteiger charge is 2.04. The van der Waals surface area contributed by atoms with Crippen LogP contribution in [-0.2, 0) is 4.79 Å². The second kappa shape index (κ2) is 6.70. The molecule has 5 nitrogen and oxygen atoms in total. The summed E-state index contributed by atoms with van der Waals surface area (Å²) in [5.41, 5.74) is 10.2. The highest BCUT2D eigenvalue weighted by atomic mass is 32.1. The third-order valence-corrected chi connectivity index (χ3v) is 2.20. The number of aryl methyl sites for hydroxylation is 1. The Hall–Kier alpha value is -1.95. The number of nitrogens with one attached hydrogen (secondary N) is 2. The molecule has 1 aromatic rings. The summed E-state index contributed by atoms with van der Waals surface area (Å²) >= 11 is 4.60. The van der Waals surface area contributed by atoms with E-state index < -0.39 is 0 Å². The molecule has 0 spiro atoms. The van der Waals surface area contributed by atoms with Gasteiger partial charge < -0.3 is 11.1 Å². The van der Waals surface area contributed by atoms with Crippen molar-refractivity contribution in [2.45, 2.75) is 20.3 Å². The fraction of sp³-hybridized carbons (Fsp3) is 0.250. The summed E-state index contributed by atoms with van der Waals surface area (Å²) in [6, 6.07) is 7.58. The lowest BCUT2D eigenvalue weighted by atomic mass is 10.2. The van der Waals surface area contributed by atoms with Gasteiger partial charge in [0.15, 0.2) is 5.11 Å². The van der Waals surface area contributed by atoms with Crippen LogP contribution in [0, 0.1) is 6.92 Å². The number of nitrogens with two attached hydrogens (primary N) is 1. The zero-order chi connectivity index (χ0) is 13.5. The number of amides is 1. The van der Waals surface area contributed by atoms with Crippen molar-refractivity contribution in [3.63, 3.8) is 0 Å². The van der Waals surface area contributed by atoms with E-state index in [0.29, 0.717) is 5.71 Å². The number of nitrogens with zero attached hydrogens (tertiary/aromatic N) is 1. The van der Waals surface area contributed by atoms with Crippen molar-refractivity contribution in [2.24, 2.45) is 10.8 Å². The van der Waals surface area contributed by atoms with Crippen LogP contribution in [0.2, 0.25) is 0 Å². The first-order valence-corrected chi connectivity index (χ1v) is 5.83. The van der Waals surface area contributed by atoms with Gasteiger partial charge in [-0.1, -0.05) is 17.7 Å². The molecule has 6 heteroatoms. The van der Waals surface area contributed by atoms with Crippen molar-refractivity contribution >= 4 is 34.6 Å². The number of hydrazone groups is 1. The molecule has 0 radical (unpaired) electrons. The van der Waals surface area contributed by atoms with Crippen LogP contribution in [0.15, 0.2) is 29.4 Å². The smallest absolute Gasteiger partial charge is 0.230 e. The van der Waals surface area contributed by atoms with Gasteiger partial charge in [-0.25, -0.2) is 0 Å². The van der Waals surface area contributed by atoms with Gasteiger partial charge in [0.1, 0.15) is 0 Å². The van der Waals surface area contributed by atoms with Crippen LogP contribution >= 0.6 is 12.2 Å². The van der Waals surface area contributed by atoms with E-state index in [1.165, 1.54) is 0 Å². The Morgan fingerprint density at radius 1 is 1.39 bits per heavy atom. The Balaban J connectivity index is 2.49. The normalized spacial score (nSPS) is 10.9. The van der Waals surface area contributed by atoms with E-state index in [1.807, 2.05) is 31.2 Å². The Bertz CT molecular complexity index is 467. The van der Waals surface area contributed by atoms with Crippen LogP contribution in [0.25, 0.3) is 0 Å². The molecular weight excluding hydrogens is 248 g/mol. The van der Waals surface area contributed by atoms with Gasteiger partial charge in [-0.3, -0.25) is 10.2 Å². The Morgan fingerprint density at radius 3 is 2.56 bits per heavy atom. The fourth-order valence-electron chi connectivity index (χ4n) is 1.26.